The van der Waals surface area contributed by atoms with E-state index in [4.69, 9.17) is 14.0 Å². The van der Waals surface area contributed by atoms with Crippen LogP contribution in [-0.4, -0.2) is 29.5 Å². The molecule has 0 aliphatic carbocycles. The molecule has 9 heteroatoms. The van der Waals surface area contributed by atoms with Crippen molar-refractivity contribution < 1.29 is 14.0 Å². The van der Waals surface area contributed by atoms with Crippen LogP contribution < -0.4 is 21.1 Å². The van der Waals surface area contributed by atoms with Crippen LogP contribution in [0.1, 0.15) is 11.1 Å². The number of ether oxygens (including phenoxy) is 1. The van der Waals surface area contributed by atoms with Crippen molar-refractivity contribution in [1.82, 2.24) is 19.8 Å². The quantitative estimate of drug-likeness (QED) is 0.450. The highest BCUT2D eigenvalue weighted by Crippen LogP contribution is 2.20. The van der Waals surface area contributed by atoms with E-state index in [1.54, 1.807) is 7.05 Å². The molecule has 0 unspecified atom stereocenters. The molecule has 1 aromatic carbocycles. The predicted molar refractivity (Wildman–Crippen MR) is 114 cm³/mol. The second kappa shape index (κ2) is 8.14. The third-order valence-corrected chi connectivity index (χ3v) is 6.58. The van der Waals surface area contributed by atoms with E-state index >= 15 is 0 Å². The number of nitrogens with zero attached hydrogens (tertiary/aromatic N) is 3. The number of benzene rings is 1. The van der Waals surface area contributed by atoms with Crippen molar-refractivity contribution in [2.75, 3.05) is 7.11 Å². The summed E-state index contributed by atoms with van der Waals surface area (Å²) in [4.78, 5) is 18.0. The maximum absolute atomic E-state index is 12.4. The Morgan fingerprint density at radius 3 is 2.76 bits per heavy atom. The van der Waals surface area contributed by atoms with Gasteiger partial charge in [0, 0.05) is 12.6 Å². The van der Waals surface area contributed by atoms with Crippen molar-refractivity contribution >= 4 is 19.0 Å². The lowest BCUT2D eigenvalue weighted by Crippen LogP contribution is -2.37. The molecule has 0 fully saturated rings. The molecule has 154 valence electrons. The minimum absolute atomic E-state index is 0.156. The van der Waals surface area contributed by atoms with Gasteiger partial charge in [-0.1, -0.05) is 55.7 Å². The average Bonchev–Trinajstić information content (AvgIpc) is 3.25. The largest absolute Gasteiger partial charge is 0.470 e. The SMILES string of the molecule is C=C(NOCc1cocc1-n1c(OC)nn(C)c1=O)c1cccc([Si](C)(C)C)c1. The first kappa shape index (κ1) is 20.7. The number of hydrogen-bond acceptors (Lipinski definition) is 6. The maximum Gasteiger partial charge on any atom is 0.353 e. The zero-order chi connectivity index (χ0) is 21.2. The van der Waals surface area contributed by atoms with E-state index in [2.05, 4.69) is 48.9 Å². The van der Waals surface area contributed by atoms with E-state index in [1.807, 2.05) is 12.1 Å². The topological polar surface area (TPSA) is 83.4 Å². The molecular weight excluding hydrogens is 388 g/mol. The van der Waals surface area contributed by atoms with Crippen molar-refractivity contribution in [2.45, 2.75) is 26.2 Å². The van der Waals surface area contributed by atoms with Crippen LogP contribution in [-0.2, 0) is 18.5 Å². The third kappa shape index (κ3) is 4.35. The summed E-state index contributed by atoms with van der Waals surface area (Å²) in [6.45, 7) is 11.1. The lowest BCUT2D eigenvalue weighted by atomic mass is 10.2. The molecule has 0 amide bonds. The molecule has 0 aliphatic rings. The van der Waals surface area contributed by atoms with E-state index in [0.29, 0.717) is 16.9 Å². The molecule has 0 bridgehead atoms. The number of hydroxylamine groups is 1. The summed E-state index contributed by atoms with van der Waals surface area (Å²) >= 11 is 0. The highest BCUT2D eigenvalue weighted by molar-refractivity contribution is 6.88. The molecule has 0 spiro atoms. The molecule has 0 saturated heterocycles. The van der Waals surface area contributed by atoms with Crippen LogP contribution >= 0.6 is 0 Å². The first-order valence-electron chi connectivity index (χ1n) is 9.15. The molecule has 3 rings (SSSR count). The highest BCUT2D eigenvalue weighted by atomic mass is 28.3. The van der Waals surface area contributed by atoms with Crippen molar-refractivity contribution in [3.8, 4) is 11.7 Å². The Labute approximate surface area is 170 Å². The van der Waals surface area contributed by atoms with Crippen LogP contribution in [0.15, 0.2) is 52.6 Å². The summed E-state index contributed by atoms with van der Waals surface area (Å²) in [6.07, 6.45) is 2.97. The highest BCUT2D eigenvalue weighted by Gasteiger charge is 2.19. The second-order valence-corrected chi connectivity index (χ2v) is 12.8. The van der Waals surface area contributed by atoms with E-state index in [-0.39, 0.29) is 18.3 Å². The van der Waals surface area contributed by atoms with Gasteiger partial charge in [-0.3, -0.25) is 10.3 Å². The molecule has 2 heterocycles. The van der Waals surface area contributed by atoms with Crippen LogP contribution in [0.4, 0.5) is 0 Å². The molecule has 0 aliphatic heterocycles. The Kier molecular flexibility index (Phi) is 5.80. The lowest BCUT2D eigenvalue weighted by Gasteiger charge is -2.18. The molecule has 8 nitrogen and oxygen atoms in total. The Morgan fingerprint density at radius 2 is 2.07 bits per heavy atom. The van der Waals surface area contributed by atoms with Gasteiger partial charge < -0.3 is 9.15 Å². The van der Waals surface area contributed by atoms with Crippen LogP contribution in [0.2, 0.25) is 19.6 Å². The molecule has 29 heavy (non-hydrogen) atoms. The van der Waals surface area contributed by atoms with Gasteiger partial charge in [0.1, 0.15) is 12.9 Å². The minimum atomic E-state index is -1.42. The predicted octanol–water partition coefficient (Wildman–Crippen LogP) is 2.41. The number of rotatable bonds is 8. The number of hydrogen-bond donors (Lipinski definition) is 1. The fraction of sp³-hybridized carbons (Fsp3) is 0.300. The molecular formula is C20H26N4O4Si. The Morgan fingerprint density at radius 1 is 1.31 bits per heavy atom. The van der Waals surface area contributed by atoms with E-state index < -0.39 is 8.07 Å². The summed E-state index contributed by atoms with van der Waals surface area (Å²) in [6, 6.07) is 8.49. The summed E-state index contributed by atoms with van der Waals surface area (Å²) in [7, 11) is 1.59. The zero-order valence-electron chi connectivity index (χ0n) is 17.4. The average molecular weight is 415 g/mol. The van der Waals surface area contributed by atoms with Gasteiger partial charge in [0.05, 0.1) is 32.8 Å². The summed E-state index contributed by atoms with van der Waals surface area (Å²) in [5.74, 6) is 0. The smallest absolute Gasteiger partial charge is 0.353 e. The number of aryl methyl sites for hydroxylation is 1. The standard InChI is InChI=1S/C20H26N4O4Si/c1-14(15-8-7-9-17(10-15)29(4,5)6)22-28-12-16-11-27-13-18(16)24-19(26-3)21-23(2)20(24)25/h7-11,13,22H,1,12H2,2-6H3. The summed E-state index contributed by atoms with van der Waals surface area (Å²) in [5, 5.41) is 5.38. The zero-order valence-corrected chi connectivity index (χ0v) is 18.4. The fourth-order valence-corrected chi connectivity index (χ4v) is 4.02. The van der Waals surface area contributed by atoms with Crippen molar-refractivity contribution in [3.63, 3.8) is 0 Å². The number of methoxy groups -OCH3 is 1. The monoisotopic (exact) mass is 414 g/mol. The van der Waals surface area contributed by atoms with Gasteiger partial charge in [-0.2, -0.15) is 0 Å². The molecule has 1 N–H and O–H groups in total. The Bertz CT molecular complexity index is 1070. The first-order valence-corrected chi connectivity index (χ1v) is 12.7. The van der Waals surface area contributed by atoms with Gasteiger partial charge in [-0.25, -0.2) is 14.0 Å². The van der Waals surface area contributed by atoms with Gasteiger partial charge in [0.15, 0.2) is 0 Å². The van der Waals surface area contributed by atoms with Crippen molar-refractivity contribution in [1.29, 1.82) is 0 Å². The minimum Gasteiger partial charge on any atom is -0.470 e. The number of aromatic nitrogens is 3. The van der Waals surface area contributed by atoms with E-state index in [1.165, 1.54) is 34.1 Å². The first-order chi connectivity index (χ1) is 13.7. The van der Waals surface area contributed by atoms with Crippen molar-refractivity contribution in [3.05, 3.63) is 65.0 Å². The molecule has 3 aromatic rings. The third-order valence-electron chi connectivity index (χ3n) is 4.54. The van der Waals surface area contributed by atoms with Gasteiger partial charge in [0.25, 0.3) is 0 Å². The van der Waals surface area contributed by atoms with Gasteiger partial charge in [0.2, 0.25) is 0 Å². The molecule has 0 atom stereocenters. The Balaban J connectivity index is 1.71. The molecule has 2 aromatic heterocycles. The number of nitrogens with one attached hydrogen (secondary N) is 1. The van der Waals surface area contributed by atoms with E-state index in [0.717, 1.165) is 5.56 Å². The van der Waals surface area contributed by atoms with Crippen molar-refractivity contribution in [2.24, 2.45) is 7.05 Å². The van der Waals surface area contributed by atoms with Gasteiger partial charge >= 0.3 is 11.7 Å². The molecule has 0 radical (unpaired) electrons. The Hall–Kier alpha value is -3.04. The molecule has 0 saturated carbocycles. The van der Waals surface area contributed by atoms with Crippen LogP contribution in [0.25, 0.3) is 11.4 Å². The van der Waals surface area contributed by atoms with Gasteiger partial charge in [-0.05, 0) is 5.56 Å². The van der Waals surface area contributed by atoms with E-state index in [9.17, 15) is 4.79 Å². The summed E-state index contributed by atoms with van der Waals surface area (Å²) in [5.41, 5.74) is 5.34. The normalized spacial score (nSPS) is 11.5. The van der Waals surface area contributed by atoms with Crippen LogP contribution in [0.3, 0.4) is 0 Å². The fourth-order valence-electron chi connectivity index (χ4n) is 2.83. The van der Waals surface area contributed by atoms with Crippen LogP contribution in [0.5, 0.6) is 6.01 Å². The van der Waals surface area contributed by atoms with Crippen LogP contribution in [0, 0.1) is 0 Å². The summed E-state index contributed by atoms with van der Waals surface area (Å²) < 4.78 is 13.0. The second-order valence-electron chi connectivity index (χ2n) is 7.71. The van der Waals surface area contributed by atoms with Gasteiger partial charge in [-0.15, -0.1) is 5.10 Å². The number of furan rings is 1. The lowest BCUT2D eigenvalue weighted by molar-refractivity contribution is 0.0644. The maximum atomic E-state index is 12.4.